The first-order chi connectivity index (χ1) is 29.1. The van der Waals surface area contributed by atoms with Crippen molar-refractivity contribution < 1.29 is 18.7 Å². The van der Waals surface area contributed by atoms with Crippen LogP contribution in [-0.2, 0) is 30.5 Å². The first-order valence-corrected chi connectivity index (χ1v) is 20.2. The highest BCUT2D eigenvalue weighted by Crippen LogP contribution is 2.43. The van der Waals surface area contributed by atoms with Gasteiger partial charge in [-0.1, -0.05) is 146 Å². The predicted molar refractivity (Wildman–Crippen MR) is 228 cm³/mol. The van der Waals surface area contributed by atoms with E-state index in [9.17, 15) is 14.7 Å². The van der Waals surface area contributed by atoms with E-state index >= 15 is 0 Å². The third-order valence-electron chi connectivity index (χ3n) is 10.9. The van der Waals surface area contributed by atoms with E-state index in [0.717, 1.165) is 45.4 Å². The number of benzene rings is 5. The zero-order chi connectivity index (χ0) is 41.9. The van der Waals surface area contributed by atoms with Crippen LogP contribution in [0, 0.1) is 6.92 Å². The summed E-state index contributed by atoms with van der Waals surface area (Å²) in [6.45, 7) is 7.32. The molecule has 1 N–H and O–H groups in total. The maximum atomic E-state index is 14.1. The van der Waals surface area contributed by atoms with Crippen LogP contribution in [0.25, 0.3) is 22.5 Å². The van der Waals surface area contributed by atoms with Crippen LogP contribution in [0.1, 0.15) is 89.4 Å². The number of imidazole rings is 1. The molecule has 0 saturated heterocycles. The molecular weight excluding hydrogens is 753 g/mol. The molecule has 0 atom stereocenters. The van der Waals surface area contributed by atoms with Gasteiger partial charge in [0.15, 0.2) is 11.6 Å². The van der Waals surface area contributed by atoms with Crippen LogP contribution in [-0.4, -0.2) is 40.6 Å². The number of aromatic nitrogens is 6. The summed E-state index contributed by atoms with van der Waals surface area (Å²) in [5.41, 5.74) is 5.10. The minimum Gasteiger partial charge on any atom is -0.396 e. The van der Waals surface area contributed by atoms with Gasteiger partial charge in [0.25, 0.3) is 0 Å². The van der Waals surface area contributed by atoms with E-state index in [4.69, 9.17) is 24.1 Å². The number of nitrogens with zero attached hydrogens (tertiary/aromatic N) is 6. The summed E-state index contributed by atoms with van der Waals surface area (Å²) in [5, 5.41) is 25.0. The molecular formula is C49H46N6O5. The normalized spacial score (nSPS) is 11.9. The van der Waals surface area contributed by atoms with E-state index in [0.29, 0.717) is 47.5 Å². The van der Waals surface area contributed by atoms with E-state index in [1.807, 2.05) is 82.0 Å². The highest BCUT2D eigenvalue weighted by molar-refractivity contribution is 5.96. The van der Waals surface area contributed by atoms with Crippen LogP contribution in [0.2, 0.25) is 0 Å². The molecule has 8 rings (SSSR count). The Balaban J connectivity index is 1.19. The lowest BCUT2D eigenvalue weighted by Gasteiger charge is -2.36. The fraction of sp³-hybridized carbons (Fsp3) is 0.224. The van der Waals surface area contributed by atoms with Crippen molar-refractivity contribution in [3.8, 4) is 22.5 Å². The molecule has 0 spiro atoms. The van der Waals surface area contributed by atoms with Crippen molar-refractivity contribution in [2.24, 2.45) is 0 Å². The van der Waals surface area contributed by atoms with E-state index in [1.165, 1.54) is 0 Å². The number of hydrogen-bond donors (Lipinski definition) is 1. The van der Waals surface area contributed by atoms with E-state index in [2.05, 4.69) is 78.9 Å². The maximum Gasteiger partial charge on any atom is 0.519 e. The van der Waals surface area contributed by atoms with Crippen molar-refractivity contribution >= 4 is 5.78 Å². The Hall–Kier alpha value is -6.98. The molecule has 3 aromatic heterocycles. The van der Waals surface area contributed by atoms with Gasteiger partial charge < -0.3 is 18.5 Å². The van der Waals surface area contributed by atoms with Crippen LogP contribution in [0.3, 0.4) is 0 Å². The minimum absolute atomic E-state index is 0.0406. The van der Waals surface area contributed by atoms with Crippen LogP contribution < -0.4 is 5.82 Å². The van der Waals surface area contributed by atoms with Gasteiger partial charge in [0.05, 0.1) is 0 Å². The Labute approximate surface area is 348 Å². The lowest BCUT2D eigenvalue weighted by molar-refractivity contribution is 0.0708. The summed E-state index contributed by atoms with van der Waals surface area (Å²) in [4.78, 5) is 30.6. The molecule has 0 aliphatic rings. The zero-order valence-electron chi connectivity index (χ0n) is 34.1. The van der Waals surface area contributed by atoms with Gasteiger partial charge in [-0.3, -0.25) is 4.79 Å². The second kappa shape index (κ2) is 16.7. The maximum absolute atomic E-state index is 14.1. The Morgan fingerprint density at radius 3 is 1.83 bits per heavy atom. The first-order valence-electron chi connectivity index (χ1n) is 20.2. The zero-order valence-corrected chi connectivity index (χ0v) is 34.1. The molecule has 11 nitrogen and oxygen atoms in total. The first kappa shape index (κ1) is 39.8. The van der Waals surface area contributed by atoms with Gasteiger partial charge in [-0.05, 0) is 71.0 Å². The van der Waals surface area contributed by atoms with Crippen molar-refractivity contribution in [1.29, 1.82) is 0 Å². The minimum atomic E-state index is -1.38. The van der Waals surface area contributed by atoms with Crippen LogP contribution >= 0.6 is 0 Å². The third-order valence-corrected chi connectivity index (χ3v) is 10.9. The Morgan fingerprint density at radius 2 is 1.30 bits per heavy atom. The molecule has 0 aliphatic carbocycles. The van der Waals surface area contributed by atoms with Crippen molar-refractivity contribution in [2.45, 2.75) is 71.1 Å². The SMILES string of the molecule is CCCc1nc(C(C)(C)O)c(C(=O)CCc2oc(=O)oc2C)n1Cc1ccc(-c2ccccc2-c2nnnn2C(c2ccccc2)(c2ccccc2)c2ccccc2)cc1. The Morgan fingerprint density at radius 1 is 0.733 bits per heavy atom. The topological polar surface area (TPSA) is 142 Å². The molecule has 0 unspecified atom stereocenters. The molecule has 0 bridgehead atoms. The van der Waals surface area contributed by atoms with Crippen LogP contribution in [0.5, 0.6) is 0 Å². The Kier molecular flexibility index (Phi) is 11.1. The molecule has 3 heterocycles. The molecule has 60 heavy (non-hydrogen) atoms. The number of aliphatic hydroxyl groups is 1. The van der Waals surface area contributed by atoms with Crippen molar-refractivity contribution in [2.75, 3.05) is 0 Å². The predicted octanol–water partition coefficient (Wildman–Crippen LogP) is 8.94. The summed E-state index contributed by atoms with van der Waals surface area (Å²) in [7, 11) is 0. The van der Waals surface area contributed by atoms with Gasteiger partial charge in [-0.15, -0.1) is 5.10 Å². The van der Waals surface area contributed by atoms with E-state index in [-0.39, 0.29) is 18.6 Å². The molecule has 11 heteroatoms. The quantitative estimate of drug-likeness (QED) is 0.0795. The number of carbonyl (C=O) groups excluding carboxylic acids is 1. The molecule has 302 valence electrons. The fourth-order valence-corrected chi connectivity index (χ4v) is 8.13. The second-order valence-corrected chi connectivity index (χ2v) is 15.4. The molecule has 0 aliphatic heterocycles. The molecule has 0 radical (unpaired) electrons. The number of ketones is 1. The lowest BCUT2D eigenvalue weighted by Crippen LogP contribution is -2.39. The summed E-state index contributed by atoms with van der Waals surface area (Å²) in [5.74, 6) is 0.966. The summed E-state index contributed by atoms with van der Waals surface area (Å²) in [6.07, 6.45) is 1.63. The average molecular weight is 799 g/mol. The van der Waals surface area contributed by atoms with Crippen LogP contribution in [0.15, 0.2) is 153 Å². The fourth-order valence-electron chi connectivity index (χ4n) is 8.13. The van der Waals surface area contributed by atoms with Gasteiger partial charge >= 0.3 is 5.82 Å². The van der Waals surface area contributed by atoms with Gasteiger partial charge in [-0.2, -0.15) is 0 Å². The highest BCUT2D eigenvalue weighted by atomic mass is 16.6. The van der Waals surface area contributed by atoms with Gasteiger partial charge in [0, 0.05) is 31.4 Å². The summed E-state index contributed by atoms with van der Waals surface area (Å²) in [6, 6.07) is 47.3. The third kappa shape index (κ3) is 7.55. The monoisotopic (exact) mass is 798 g/mol. The van der Waals surface area contributed by atoms with Gasteiger partial charge in [-0.25, -0.2) is 14.5 Å². The average Bonchev–Trinajstić information content (AvgIpc) is 3.99. The Bertz CT molecular complexity index is 2680. The summed E-state index contributed by atoms with van der Waals surface area (Å²) >= 11 is 0. The van der Waals surface area contributed by atoms with Gasteiger partial charge in [0.1, 0.15) is 39.9 Å². The number of tetrazole rings is 1. The highest BCUT2D eigenvalue weighted by Gasteiger charge is 2.42. The molecule has 8 aromatic rings. The molecule has 5 aromatic carbocycles. The number of carbonyl (C=O) groups is 1. The van der Waals surface area contributed by atoms with E-state index in [1.54, 1.807) is 20.8 Å². The van der Waals surface area contributed by atoms with Gasteiger partial charge in [0.2, 0.25) is 0 Å². The standard InChI is InChI=1S/C49H46N6O5/c1-5-17-43-50-45(48(3,4)58)44(41(56)30-31-42-33(2)59-47(57)60-42)54(43)32-34-26-28-35(29-27-34)39-24-15-16-25-40(39)46-51-52-53-55(46)49(36-18-9-6-10-19-36,37-20-11-7-12-21-37)38-22-13-8-14-23-38/h6-16,18-29,58H,5,17,30-32H2,1-4H3. The lowest BCUT2D eigenvalue weighted by atomic mass is 9.77. The second-order valence-electron chi connectivity index (χ2n) is 15.4. The van der Waals surface area contributed by atoms with Crippen molar-refractivity contribution in [3.05, 3.63) is 201 Å². The molecule has 0 fully saturated rings. The van der Waals surface area contributed by atoms with Crippen LogP contribution in [0.4, 0.5) is 0 Å². The number of Topliss-reactive ketones (excluding diaryl/α,β-unsaturated/α-hetero) is 1. The van der Waals surface area contributed by atoms with E-state index < -0.39 is 17.0 Å². The van der Waals surface area contributed by atoms with Crippen molar-refractivity contribution in [1.82, 2.24) is 29.8 Å². The smallest absolute Gasteiger partial charge is 0.396 e. The number of aryl methyl sites for hydroxylation is 3. The summed E-state index contributed by atoms with van der Waals surface area (Å²) < 4.78 is 14.0. The number of rotatable bonds is 15. The van der Waals surface area contributed by atoms with Crippen molar-refractivity contribution in [3.63, 3.8) is 0 Å². The molecule has 0 saturated carbocycles. The molecule has 0 amide bonds. The largest absolute Gasteiger partial charge is 0.519 e. The number of hydrogen-bond acceptors (Lipinski definition) is 9.